The van der Waals surface area contributed by atoms with E-state index in [1.165, 1.54) is 0 Å². The summed E-state index contributed by atoms with van der Waals surface area (Å²) in [6.07, 6.45) is 7.95. The number of amides is 1. The van der Waals surface area contributed by atoms with E-state index in [4.69, 9.17) is 0 Å². The minimum Gasteiger partial charge on any atom is -0.481 e. The van der Waals surface area contributed by atoms with E-state index in [-0.39, 0.29) is 0 Å². The summed E-state index contributed by atoms with van der Waals surface area (Å²) in [5.74, 6) is -2.58. The molecule has 2 unspecified atom stereocenters. The average Bonchev–Trinajstić information content (AvgIpc) is 2.95. The fourth-order valence-corrected chi connectivity index (χ4v) is 5.49. The van der Waals surface area contributed by atoms with Gasteiger partial charge >= 0.3 is 5.97 Å². The van der Waals surface area contributed by atoms with E-state index in [1.54, 1.807) is 0 Å². The summed E-state index contributed by atoms with van der Waals surface area (Å²) in [6.45, 7) is 0. The van der Waals surface area contributed by atoms with Gasteiger partial charge in [-0.25, -0.2) is 8.42 Å². The van der Waals surface area contributed by atoms with Gasteiger partial charge in [0, 0.05) is 6.04 Å². The molecule has 7 heteroatoms. The highest BCUT2D eigenvalue weighted by atomic mass is 32.2. The Hall–Kier alpha value is -1.11. The first kappa shape index (κ1) is 18.2. The fourth-order valence-electron chi connectivity index (χ4n) is 3.75. The number of carboxylic acids is 1. The van der Waals surface area contributed by atoms with Crippen LogP contribution < -0.4 is 5.32 Å². The van der Waals surface area contributed by atoms with Gasteiger partial charge in [-0.1, -0.05) is 38.5 Å². The van der Waals surface area contributed by atoms with Gasteiger partial charge < -0.3 is 10.4 Å². The second kappa shape index (κ2) is 8.13. The Morgan fingerprint density at radius 2 is 1.48 bits per heavy atom. The zero-order valence-electron chi connectivity index (χ0n) is 13.5. The van der Waals surface area contributed by atoms with Gasteiger partial charge in [-0.3, -0.25) is 9.59 Å². The first-order valence-electron chi connectivity index (χ1n) is 8.64. The Bertz CT molecular complexity index is 525. The largest absolute Gasteiger partial charge is 0.481 e. The molecule has 2 atom stereocenters. The standard InChI is InChI=1S/C16H27NO5S/c18-15(11-23(21,22)12-7-5-6-8-12)17-14-10-4-2-1-3-9-13(14)16(19)20/h12-14H,1-11H2,(H,17,18)(H,19,20). The zero-order valence-corrected chi connectivity index (χ0v) is 14.3. The third-order valence-electron chi connectivity index (χ3n) is 5.07. The van der Waals surface area contributed by atoms with Crippen LogP contribution in [0.4, 0.5) is 0 Å². The SMILES string of the molecule is O=C(CS(=O)(=O)C1CCCC1)NC1CCCCCCC1C(=O)O. The van der Waals surface area contributed by atoms with E-state index < -0.39 is 44.7 Å². The summed E-state index contributed by atoms with van der Waals surface area (Å²) in [6, 6.07) is -0.459. The van der Waals surface area contributed by atoms with Crippen molar-refractivity contribution in [1.29, 1.82) is 0 Å². The number of rotatable bonds is 5. The minimum absolute atomic E-state index is 0.402. The maximum Gasteiger partial charge on any atom is 0.308 e. The van der Waals surface area contributed by atoms with Gasteiger partial charge in [0.25, 0.3) is 0 Å². The van der Waals surface area contributed by atoms with Crippen molar-refractivity contribution in [2.75, 3.05) is 5.75 Å². The van der Waals surface area contributed by atoms with Crippen LogP contribution in [-0.4, -0.2) is 42.4 Å². The highest BCUT2D eigenvalue weighted by molar-refractivity contribution is 7.92. The summed E-state index contributed by atoms with van der Waals surface area (Å²) in [5, 5.41) is 11.7. The van der Waals surface area contributed by atoms with Gasteiger partial charge in [0.15, 0.2) is 9.84 Å². The molecule has 6 nitrogen and oxygen atoms in total. The van der Waals surface area contributed by atoms with Crippen LogP contribution in [0.5, 0.6) is 0 Å². The van der Waals surface area contributed by atoms with Crippen LogP contribution in [0.25, 0.3) is 0 Å². The van der Waals surface area contributed by atoms with Crippen LogP contribution in [0, 0.1) is 5.92 Å². The molecule has 0 aromatic rings. The van der Waals surface area contributed by atoms with Gasteiger partial charge in [0.2, 0.25) is 5.91 Å². The molecule has 23 heavy (non-hydrogen) atoms. The quantitative estimate of drug-likeness (QED) is 0.792. The lowest BCUT2D eigenvalue weighted by Crippen LogP contribution is -2.46. The number of nitrogens with one attached hydrogen (secondary N) is 1. The molecule has 2 aliphatic rings. The topological polar surface area (TPSA) is 101 Å². The van der Waals surface area contributed by atoms with Crippen LogP contribution >= 0.6 is 0 Å². The minimum atomic E-state index is -3.42. The third kappa shape index (κ3) is 5.19. The third-order valence-corrected chi connectivity index (χ3v) is 7.22. The molecule has 2 aliphatic carbocycles. The van der Waals surface area contributed by atoms with Gasteiger partial charge in [0.1, 0.15) is 5.75 Å². The molecule has 0 heterocycles. The first-order chi connectivity index (χ1) is 10.9. The van der Waals surface area contributed by atoms with E-state index in [0.717, 1.165) is 38.5 Å². The highest BCUT2D eigenvalue weighted by Crippen LogP contribution is 2.26. The lowest BCUT2D eigenvalue weighted by molar-refractivity contribution is -0.143. The molecule has 2 saturated carbocycles. The summed E-state index contributed by atoms with van der Waals surface area (Å²) in [5.41, 5.74) is 0. The number of sulfone groups is 1. The van der Waals surface area contributed by atoms with Crippen molar-refractivity contribution in [3.63, 3.8) is 0 Å². The predicted octanol–water partition coefficient (Wildman–Crippen LogP) is 1.88. The average molecular weight is 345 g/mol. The van der Waals surface area contributed by atoms with Gasteiger partial charge in [-0.05, 0) is 25.7 Å². The van der Waals surface area contributed by atoms with Crippen LogP contribution in [0.2, 0.25) is 0 Å². The van der Waals surface area contributed by atoms with E-state index in [2.05, 4.69) is 5.32 Å². The van der Waals surface area contributed by atoms with Gasteiger partial charge in [-0.2, -0.15) is 0 Å². The Morgan fingerprint density at radius 1 is 0.913 bits per heavy atom. The lowest BCUT2D eigenvalue weighted by atomic mass is 9.87. The first-order valence-corrected chi connectivity index (χ1v) is 10.4. The summed E-state index contributed by atoms with van der Waals surface area (Å²) < 4.78 is 24.5. The summed E-state index contributed by atoms with van der Waals surface area (Å²) >= 11 is 0. The molecular weight excluding hydrogens is 318 g/mol. The van der Waals surface area contributed by atoms with E-state index in [9.17, 15) is 23.1 Å². The van der Waals surface area contributed by atoms with Crippen molar-refractivity contribution in [2.24, 2.45) is 5.92 Å². The van der Waals surface area contributed by atoms with E-state index in [1.807, 2.05) is 0 Å². The molecule has 0 spiro atoms. The second-order valence-electron chi connectivity index (χ2n) is 6.82. The Balaban J connectivity index is 1.96. The van der Waals surface area contributed by atoms with E-state index in [0.29, 0.717) is 25.7 Å². The van der Waals surface area contributed by atoms with Gasteiger partial charge in [0.05, 0.1) is 11.2 Å². The lowest BCUT2D eigenvalue weighted by Gasteiger charge is -2.27. The molecule has 0 saturated heterocycles. The predicted molar refractivity (Wildman–Crippen MR) is 86.8 cm³/mol. The van der Waals surface area contributed by atoms with Crippen molar-refractivity contribution >= 4 is 21.7 Å². The Morgan fingerprint density at radius 3 is 2.09 bits per heavy atom. The summed E-state index contributed by atoms with van der Waals surface area (Å²) in [7, 11) is -3.42. The number of carboxylic acid groups (broad SMARTS) is 1. The Kier molecular flexibility index (Phi) is 6.44. The number of hydrogen-bond acceptors (Lipinski definition) is 4. The number of hydrogen-bond donors (Lipinski definition) is 2. The van der Waals surface area contributed by atoms with Crippen LogP contribution in [0.1, 0.15) is 64.2 Å². The van der Waals surface area contributed by atoms with Gasteiger partial charge in [-0.15, -0.1) is 0 Å². The molecule has 0 aliphatic heterocycles. The highest BCUT2D eigenvalue weighted by Gasteiger charge is 2.33. The molecule has 0 bridgehead atoms. The van der Waals surface area contributed by atoms with Crippen LogP contribution in [0.3, 0.4) is 0 Å². The molecule has 1 amide bonds. The number of carbonyl (C=O) groups excluding carboxylic acids is 1. The zero-order chi connectivity index (χ0) is 16.9. The van der Waals surface area contributed by atoms with E-state index >= 15 is 0 Å². The molecule has 132 valence electrons. The fraction of sp³-hybridized carbons (Fsp3) is 0.875. The molecule has 2 fully saturated rings. The Labute approximate surface area is 137 Å². The molecule has 2 rings (SSSR count). The molecule has 2 N–H and O–H groups in total. The maximum atomic E-state index is 12.2. The van der Waals surface area contributed by atoms with Crippen molar-refractivity contribution in [2.45, 2.75) is 75.5 Å². The summed E-state index contributed by atoms with van der Waals surface area (Å²) in [4.78, 5) is 23.6. The van der Waals surface area contributed by atoms with Crippen LogP contribution in [-0.2, 0) is 19.4 Å². The molecular formula is C16H27NO5S. The number of carbonyl (C=O) groups is 2. The molecule has 0 aromatic carbocycles. The van der Waals surface area contributed by atoms with Crippen molar-refractivity contribution in [3.8, 4) is 0 Å². The van der Waals surface area contributed by atoms with Crippen molar-refractivity contribution in [1.82, 2.24) is 5.32 Å². The number of aliphatic carboxylic acids is 1. The van der Waals surface area contributed by atoms with Crippen LogP contribution in [0.15, 0.2) is 0 Å². The smallest absolute Gasteiger partial charge is 0.308 e. The monoisotopic (exact) mass is 345 g/mol. The maximum absolute atomic E-state index is 12.2. The molecule has 0 aromatic heterocycles. The van der Waals surface area contributed by atoms with Crippen molar-refractivity contribution in [3.05, 3.63) is 0 Å². The normalized spacial score (nSPS) is 27.1. The molecule has 0 radical (unpaired) electrons. The second-order valence-corrected chi connectivity index (χ2v) is 9.11. The van der Waals surface area contributed by atoms with Crippen molar-refractivity contribution < 1.29 is 23.1 Å².